The molecule has 0 saturated carbocycles. The summed E-state index contributed by atoms with van der Waals surface area (Å²) < 4.78 is 0. The van der Waals surface area contributed by atoms with Gasteiger partial charge < -0.3 is 15.2 Å². The van der Waals surface area contributed by atoms with E-state index < -0.39 is 0 Å². The van der Waals surface area contributed by atoms with E-state index in [1.807, 2.05) is 91.9 Å². The lowest BCUT2D eigenvalue weighted by atomic mass is 10.0. The molecule has 5 rings (SSSR count). The van der Waals surface area contributed by atoms with E-state index in [0.29, 0.717) is 30.0 Å². The van der Waals surface area contributed by atoms with Gasteiger partial charge in [0.1, 0.15) is 11.4 Å². The van der Waals surface area contributed by atoms with Crippen molar-refractivity contribution in [3.8, 4) is 22.5 Å². The largest absolute Gasteiger partial charge is 0.361 e. The number of nitrogens with zero attached hydrogens (tertiary/aromatic N) is 4. The van der Waals surface area contributed by atoms with Crippen LogP contribution in [0.1, 0.15) is 21.7 Å². The third-order valence-corrected chi connectivity index (χ3v) is 6.07. The topological polar surface area (TPSA) is 86.8 Å². The smallest absolute Gasteiger partial charge is 0.251 e. The third kappa shape index (κ3) is 5.16. The summed E-state index contributed by atoms with van der Waals surface area (Å²) in [5.74, 6) is 0.559. The molecule has 7 heteroatoms. The Morgan fingerprint density at radius 2 is 1.58 bits per heavy atom. The van der Waals surface area contributed by atoms with Gasteiger partial charge in [-0.15, -0.1) is 10.2 Å². The van der Waals surface area contributed by atoms with Gasteiger partial charge in [0.05, 0.1) is 0 Å². The number of rotatable bonds is 8. The number of para-hydroxylation sites is 1. The summed E-state index contributed by atoms with van der Waals surface area (Å²) in [4.78, 5) is 22.8. The van der Waals surface area contributed by atoms with Crippen molar-refractivity contribution in [2.24, 2.45) is 0 Å². The second kappa shape index (κ2) is 10.5. The number of likely N-dealkylation sites (N-methyl/N-ethyl adjacent to an activating group) is 1. The average molecular weight is 477 g/mol. The number of aromatic amines is 1. The highest BCUT2D eigenvalue weighted by molar-refractivity contribution is 5.94. The summed E-state index contributed by atoms with van der Waals surface area (Å²) in [6.45, 7) is 1.38. The van der Waals surface area contributed by atoms with Gasteiger partial charge in [0.15, 0.2) is 5.82 Å². The lowest BCUT2D eigenvalue weighted by Gasteiger charge is -2.11. The van der Waals surface area contributed by atoms with Crippen LogP contribution in [0.2, 0.25) is 0 Å². The molecule has 1 amide bonds. The predicted molar refractivity (Wildman–Crippen MR) is 143 cm³/mol. The van der Waals surface area contributed by atoms with Gasteiger partial charge in [-0.25, -0.2) is 4.98 Å². The van der Waals surface area contributed by atoms with Crippen molar-refractivity contribution in [2.75, 3.05) is 27.2 Å². The molecule has 2 aromatic heterocycles. The highest BCUT2D eigenvalue weighted by Crippen LogP contribution is 2.29. The number of hydrogen-bond acceptors (Lipinski definition) is 5. The van der Waals surface area contributed by atoms with Crippen LogP contribution in [0.25, 0.3) is 33.4 Å². The van der Waals surface area contributed by atoms with Crippen molar-refractivity contribution in [3.63, 3.8) is 0 Å². The number of nitrogens with one attached hydrogen (secondary N) is 2. The zero-order valence-corrected chi connectivity index (χ0v) is 20.4. The van der Waals surface area contributed by atoms with Crippen LogP contribution in [-0.2, 0) is 6.42 Å². The molecule has 3 aromatic carbocycles. The number of aromatic nitrogens is 4. The van der Waals surface area contributed by atoms with Gasteiger partial charge in [-0.05, 0) is 37.9 Å². The van der Waals surface area contributed by atoms with Crippen LogP contribution >= 0.6 is 0 Å². The molecule has 0 spiro atoms. The molecule has 0 atom stereocenters. The molecule has 2 heterocycles. The van der Waals surface area contributed by atoms with E-state index in [-0.39, 0.29) is 5.91 Å². The molecule has 2 N–H and O–H groups in total. The molecule has 0 aliphatic rings. The zero-order chi connectivity index (χ0) is 24.9. The quantitative estimate of drug-likeness (QED) is 0.343. The molecular weight excluding hydrogens is 448 g/mol. The lowest BCUT2D eigenvalue weighted by Crippen LogP contribution is -2.31. The van der Waals surface area contributed by atoms with Crippen molar-refractivity contribution in [1.82, 2.24) is 30.4 Å². The number of H-pyrrole nitrogens is 1. The maximum Gasteiger partial charge on any atom is 0.251 e. The van der Waals surface area contributed by atoms with Gasteiger partial charge >= 0.3 is 0 Å². The Bertz CT molecular complexity index is 1480. The maximum absolute atomic E-state index is 12.5. The molecule has 36 heavy (non-hydrogen) atoms. The molecular formula is C29H28N6O. The molecule has 0 bridgehead atoms. The Labute approximate surface area is 210 Å². The highest BCUT2D eigenvalue weighted by atomic mass is 16.1. The van der Waals surface area contributed by atoms with Gasteiger partial charge in [0.2, 0.25) is 0 Å². The van der Waals surface area contributed by atoms with E-state index in [1.165, 1.54) is 0 Å². The molecule has 5 aromatic rings. The van der Waals surface area contributed by atoms with E-state index in [9.17, 15) is 4.79 Å². The lowest BCUT2D eigenvalue weighted by molar-refractivity contribution is 0.0951. The van der Waals surface area contributed by atoms with Gasteiger partial charge in [0.25, 0.3) is 5.91 Å². The minimum atomic E-state index is -0.0926. The Morgan fingerprint density at radius 3 is 2.36 bits per heavy atom. The first-order chi connectivity index (χ1) is 17.6. The fourth-order valence-electron chi connectivity index (χ4n) is 4.15. The van der Waals surface area contributed by atoms with Crippen LogP contribution in [-0.4, -0.2) is 58.2 Å². The van der Waals surface area contributed by atoms with Gasteiger partial charge in [-0.2, -0.15) is 0 Å². The summed E-state index contributed by atoms with van der Waals surface area (Å²) in [5.41, 5.74) is 6.10. The van der Waals surface area contributed by atoms with Gasteiger partial charge in [0, 0.05) is 53.3 Å². The van der Waals surface area contributed by atoms with Crippen LogP contribution in [0.15, 0.2) is 85.1 Å². The molecule has 0 fully saturated rings. The van der Waals surface area contributed by atoms with Crippen molar-refractivity contribution < 1.29 is 4.79 Å². The SMILES string of the molecule is CN(C)CCNC(=O)c1ccc(-c2nnc(Cc3c[nH]c4ccccc34)nc2-c2ccccc2)cc1. The van der Waals surface area contributed by atoms with E-state index in [2.05, 4.69) is 32.6 Å². The van der Waals surface area contributed by atoms with Crippen molar-refractivity contribution >= 4 is 16.8 Å². The number of hydrogen-bond donors (Lipinski definition) is 2. The van der Waals surface area contributed by atoms with Crippen LogP contribution in [0.4, 0.5) is 0 Å². The zero-order valence-electron chi connectivity index (χ0n) is 20.4. The molecule has 180 valence electrons. The normalized spacial score (nSPS) is 11.2. The van der Waals surface area contributed by atoms with Gasteiger partial charge in [-0.1, -0.05) is 60.7 Å². The number of carbonyl (C=O) groups is 1. The third-order valence-electron chi connectivity index (χ3n) is 6.07. The minimum absolute atomic E-state index is 0.0926. The minimum Gasteiger partial charge on any atom is -0.361 e. The van der Waals surface area contributed by atoms with Crippen LogP contribution < -0.4 is 5.32 Å². The summed E-state index contributed by atoms with van der Waals surface area (Å²) in [6.07, 6.45) is 2.58. The second-order valence-corrected chi connectivity index (χ2v) is 8.96. The summed E-state index contributed by atoms with van der Waals surface area (Å²) >= 11 is 0. The molecule has 0 aliphatic carbocycles. The maximum atomic E-state index is 12.5. The van der Waals surface area contributed by atoms with E-state index >= 15 is 0 Å². The fraction of sp³-hybridized carbons (Fsp3) is 0.172. The monoisotopic (exact) mass is 476 g/mol. The Balaban J connectivity index is 1.45. The van der Waals surface area contributed by atoms with Crippen molar-refractivity contribution in [2.45, 2.75) is 6.42 Å². The molecule has 0 unspecified atom stereocenters. The fourth-order valence-corrected chi connectivity index (χ4v) is 4.15. The summed E-state index contributed by atoms with van der Waals surface area (Å²) in [6, 6.07) is 25.6. The molecule has 0 aliphatic heterocycles. The number of carbonyl (C=O) groups excluding carboxylic acids is 1. The van der Waals surface area contributed by atoms with Crippen LogP contribution in [0, 0.1) is 0 Å². The van der Waals surface area contributed by atoms with Crippen molar-refractivity contribution in [3.05, 3.63) is 102 Å². The average Bonchev–Trinajstić information content (AvgIpc) is 3.32. The Morgan fingerprint density at radius 1 is 0.861 bits per heavy atom. The van der Waals surface area contributed by atoms with Crippen LogP contribution in [0.3, 0.4) is 0 Å². The van der Waals surface area contributed by atoms with E-state index in [0.717, 1.165) is 39.8 Å². The molecule has 0 saturated heterocycles. The highest BCUT2D eigenvalue weighted by Gasteiger charge is 2.16. The number of amides is 1. The number of benzene rings is 3. The second-order valence-electron chi connectivity index (χ2n) is 8.96. The Kier molecular flexibility index (Phi) is 6.82. The van der Waals surface area contributed by atoms with Crippen LogP contribution in [0.5, 0.6) is 0 Å². The molecule has 0 radical (unpaired) electrons. The van der Waals surface area contributed by atoms with E-state index in [4.69, 9.17) is 4.98 Å². The first-order valence-corrected chi connectivity index (χ1v) is 12.0. The van der Waals surface area contributed by atoms with Crippen molar-refractivity contribution in [1.29, 1.82) is 0 Å². The Hall–Kier alpha value is -4.36. The predicted octanol–water partition coefficient (Wildman–Crippen LogP) is 4.57. The first kappa shape index (κ1) is 23.4. The van der Waals surface area contributed by atoms with Gasteiger partial charge in [-0.3, -0.25) is 4.79 Å². The first-order valence-electron chi connectivity index (χ1n) is 12.0. The number of fused-ring (bicyclic) bond motifs is 1. The summed E-state index contributed by atoms with van der Waals surface area (Å²) in [5, 5.41) is 13.2. The summed E-state index contributed by atoms with van der Waals surface area (Å²) in [7, 11) is 3.96. The van der Waals surface area contributed by atoms with E-state index in [1.54, 1.807) is 0 Å². The standard InChI is InChI=1S/C29H28N6O/c1-35(2)17-16-30-29(36)22-14-12-21(13-15-22)28-27(20-8-4-3-5-9-20)32-26(33-34-28)18-23-19-31-25-11-7-6-10-24(23)25/h3-15,19,31H,16-18H2,1-2H3,(H,30,36). The molecule has 7 nitrogen and oxygen atoms in total.